The van der Waals surface area contributed by atoms with Gasteiger partial charge in [0.25, 0.3) is 5.56 Å². The predicted octanol–water partition coefficient (Wildman–Crippen LogP) is 1.68. The lowest BCUT2D eigenvalue weighted by atomic mass is 9.96. The Bertz CT molecular complexity index is 1170. The van der Waals surface area contributed by atoms with Crippen LogP contribution < -0.4 is 10.5 Å². The quantitative estimate of drug-likeness (QED) is 0.636. The average Bonchev–Trinajstić information content (AvgIpc) is 3.35. The number of pyridine rings is 1. The van der Waals surface area contributed by atoms with Gasteiger partial charge in [-0.1, -0.05) is 0 Å². The van der Waals surface area contributed by atoms with Gasteiger partial charge in [-0.05, 0) is 37.0 Å². The van der Waals surface area contributed by atoms with Gasteiger partial charge in [0.05, 0.1) is 24.5 Å². The van der Waals surface area contributed by atoms with E-state index in [0.717, 1.165) is 49.4 Å². The van der Waals surface area contributed by atoms with Crippen LogP contribution in [0, 0.1) is 17.2 Å². The molecule has 5 heterocycles. The molecule has 2 aliphatic rings. The van der Waals surface area contributed by atoms with Gasteiger partial charge in [0, 0.05) is 50.1 Å². The highest BCUT2D eigenvalue weighted by molar-refractivity contribution is 5.56. The molecule has 0 saturated carbocycles. The SMILES string of the molecule is N#Cc1cc2c(nc1N1CCC(Cn3nc(-n4cccn4)ccc3=O)CC1)CCOC2. The van der Waals surface area contributed by atoms with E-state index in [1.165, 1.54) is 4.68 Å². The molecule has 1 saturated heterocycles. The molecule has 5 rings (SSSR count). The maximum absolute atomic E-state index is 12.3. The normalized spacial score (nSPS) is 16.7. The van der Waals surface area contributed by atoms with Crippen LogP contribution in [0.1, 0.15) is 29.7 Å². The number of nitriles is 1. The smallest absolute Gasteiger partial charge is 0.266 e. The monoisotopic (exact) mass is 417 g/mol. The Hall–Kier alpha value is -3.51. The fourth-order valence-corrected chi connectivity index (χ4v) is 4.27. The van der Waals surface area contributed by atoms with Gasteiger partial charge in [-0.15, -0.1) is 5.10 Å². The van der Waals surface area contributed by atoms with E-state index in [2.05, 4.69) is 21.2 Å². The summed E-state index contributed by atoms with van der Waals surface area (Å²) in [5, 5.41) is 18.3. The van der Waals surface area contributed by atoms with Crippen molar-refractivity contribution >= 4 is 5.82 Å². The maximum Gasteiger partial charge on any atom is 0.266 e. The largest absolute Gasteiger partial charge is 0.376 e. The maximum atomic E-state index is 12.3. The number of ether oxygens (including phenoxy) is 1. The third-order valence-electron chi connectivity index (χ3n) is 5.97. The second kappa shape index (κ2) is 8.32. The number of aromatic nitrogens is 5. The molecule has 0 amide bonds. The van der Waals surface area contributed by atoms with Crippen LogP contribution >= 0.6 is 0 Å². The van der Waals surface area contributed by atoms with E-state index in [1.54, 1.807) is 29.2 Å². The van der Waals surface area contributed by atoms with Crippen LogP contribution in [0.4, 0.5) is 5.82 Å². The first kappa shape index (κ1) is 19.5. The van der Waals surface area contributed by atoms with Crippen molar-refractivity contribution in [2.24, 2.45) is 5.92 Å². The number of hydrogen-bond acceptors (Lipinski definition) is 7. The van der Waals surface area contributed by atoms with Crippen LogP contribution in [0.2, 0.25) is 0 Å². The van der Waals surface area contributed by atoms with Crippen molar-refractivity contribution in [3.8, 4) is 11.9 Å². The highest BCUT2D eigenvalue weighted by atomic mass is 16.5. The lowest BCUT2D eigenvalue weighted by Crippen LogP contribution is -2.38. The van der Waals surface area contributed by atoms with E-state index >= 15 is 0 Å². The summed E-state index contributed by atoms with van der Waals surface area (Å²) in [5.41, 5.74) is 2.55. The molecule has 158 valence electrons. The number of anilines is 1. The van der Waals surface area contributed by atoms with Crippen LogP contribution in [0.3, 0.4) is 0 Å². The Kier molecular flexibility index (Phi) is 5.22. The van der Waals surface area contributed by atoms with Crippen LogP contribution in [0.5, 0.6) is 0 Å². The van der Waals surface area contributed by atoms with Crippen molar-refractivity contribution in [1.82, 2.24) is 24.5 Å². The molecular formula is C22H23N7O2. The van der Waals surface area contributed by atoms with Gasteiger partial charge in [-0.3, -0.25) is 4.79 Å². The molecule has 3 aromatic rings. The predicted molar refractivity (Wildman–Crippen MR) is 113 cm³/mol. The summed E-state index contributed by atoms with van der Waals surface area (Å²) in [6.45, 7) is 3.37. The van der Waals surface area contributed by atoms with Gasteiger partial charge < -0.3 is 9.64 Å². The number of hydrogen-bond donors (Lipinski definition) is 0. The Morgan fingerprint density at radius 3 is 2.90 bits per heavy atom. The zero-order valence-electron chi connectivity index (χ0n) is 17.1. The fraction of sp³-hybridized carbons (Fsp3) is 0.409. The van der Waals surface area contributed by atoms with E-state index in [9.17, 15) is 10.1 Å². The summed E-state index contributed by atoms with van der Waals surface area (Å²) in [4.78, 5) is 19.3. The molecule has 0 aliphatic carbocycles. The van der Waals surface area contributed by atoms with Crippen molar-refractivity contribution in [3.63, 3.8) is 0 Å². The molecule has 0 bridgehead atoms. The number of nitrogens with zero attached hydrogens (tertiary/aromatic N) is 7. The van der Waals surface area contributed by atoms with E-state index in [1.807, 2.05) is 12.1 Å². The van der Waals surface area contributed by atoms with Crippen molar-refractivity contribution in [3.05, 3.63) is 63.8 Å². The van der Waals surface area contributed by atoms with Gasteiger partial charge in [0.2, 0.25) is 0 Å². The molecule has 0 atom stereocenters. The second-order valence-corrected chi connectivity index (χ2v) is 7.97. The molecule has 0 radical (unpaired) electrons. The van der Waals surface area contributed by atoms with Crippen molar-refractivity contribution in [2.75, 3.05) is 24.6 Å². The molecule has 0 N–H and O–H groups in total. The lowest BCUT2D eigenvalue weighted by Gasteiger charge is -2.34. The van der Waals surface area contributed by atoms with Gasteiger partial charge in [0.15, 0.2) is 5.82 Å². The molecule has 0 aromatic carbocycles. The zero-order valence-corrected chi connectivity index (χ0v) is 17.1. The van der Waals surface area contributed by atoms with Gasteiger partial charge in [-0.25, -0.2) is 14.3 Å². The van der Waals surface area contributed by atoms with E-state index in [0.29, 0.717) is 37.1 Å². The van der Waals surface area contributed by atoms with Crippen molar-refractivity contribution in [1.29, 1.82) is 5.26 Å². The minimum atomic E-state index is -0.108. The summed E-state index contributed by atoms with van der Waals surface area (Å²) in [6.07, 6.45) is 6.09. The summed E-state index contributed by atoms with van der Waals surface area (Å²) >= 11 is 0. The summed E-state index contributed by atoms with van der Waals surface area (Å²) < 4.78 is 8.68. The van der Waals surface area contributed by atoms with Crippen molar-refractivity contribution < 1.29 is 4.74 Å². The minimum absolute atomic E-state index is 0.108. The molecule has 0 spiro atoms. The third kappa shape index (κ3) is 3.94. The van der Waals surface area contributed by atoms with E-state index in [4.69, 9.17) is 9.72 Å². The van der Waals surface area contributed by atoms with Crippen LogP contribution in [-0.2, 0) is 24.3 Å². The Labute approximate surface area is 179 Å². The minimum Gasteiger partial charge on any atom is -0.376 e. The standard InChI is InChI=1S/C22H23N7O2/c23-13-17-12-18-15-31-11-6-19(18)25-22(17)27-9-4-16(5-10-27)14-29-21(30)3-2-20(26-29)28-8-1-7-24-28/h1-3,7-8,12,16H,4-6,9-11,14-15H2. The van der Waals surface area contributed by atoms with Crippen LogP contribution in [0.15, 0.2) is 41.5 Å². The first-order valence-corrected chi connectivity index (χ1v) is 10.5. The van der Waals surface area contributed by atoms with Crippen LogP contribution in [-0.4, -0.2) is 44.2 Å². The number of fused-ring (bicyclic) bond motifs is 1. The third-order valence-corrected chi connectivity index (χ3v) is 5.97. The Balaban J connectivity index is 1.29. The zero-order chi connectivity index (χ0) is 21.2. The number of rotatable bonds is 4. The first-order valence-electron chi connectivity index (χ1n) is 10.5. The molecule has 9 nitrogen and oxygen atoms in total. The average molecular weight is 417 g/mol. The van der Waals surface area contributed by atoms with Crippen LogP contribution in [0.25, 0.3) is 5.82 Å². The number of piperidine rings is 1. The lowest BCUT2D eigenvalue weighted by molar-refractivity contribution is 0.109. The van der Waals surface area contributed by atoms with E-state index < -0.39 is 0 Å². The highest BCUT2D eigenvalue weighted by Crippen LogP contribution is 2.28. The summed E-state index contributed by atoms with van der Waals surface area (Å²) in [6, 6.07) is 9.27. The fourth-order valence-electron chi connectivity index (χ4n) is 4.27. The Morgan fingerprint density at radius 1 is 1.26 bits per heavy atom. The van der Waals surface area contributed by atoms with E-state index in [-0.39, 0.29) is 5.56 Å². The van der Waals surface area contributed by atoms with Gasteiger partial charge >= 0.3 is 0 Å². The van der Waals surface area contributed by atoms with Gasteiger partial charge in [-0.2, -0.15) is 10.4 Å². The van der Waals surface area contributed by atoms with Crippen molar-refractivity contribution in [2.45, 2.75) is 32.4 Å². The molecule has 9 heteroatoms. The topological polar surface area (TPSA) is 102 Å². The summed E-state index contributed by atoms with van der Waals surface area (Å²) in [7, 11) is 0. The van der Waals surface area contributed by atoms with Gasteiger partial charge in [0.1, 0.15) is 11.9 Å². The molecule has 2 aliphatic heterocycles. The molecule has 3 aromatic heterocycles. The summed E-state index contributed by atoms with van der Waals surface area (Å²) in [5.74, 6) is 1.74. The molecule has 1 fully saturated rings. The first-order chi connectivity index (χ1) is 15.2. The Morgan fingerprint density at radius 2 is 2.13 bits per heavy atom. The second-order valence-electron chi connectivity index (χ2n) is 7.97. The molecular weight excluding hydrogens is 394 g/mol. The highest BCUT2D eigenvalue weighted by Gasteiger charge is 2.25. The molecule has 31 heavy (non-hydrogen) atoms. The molecule has 0 unspecified atom stereocenters.